The van der Waals surface area contributed by atoms with E-state index in [1.807, 2.05) is 54.6 Å². The Bertz CT molecular complexity index is 1960. The molecule has 0 atom stereocenters. The molecule has 0 bridgehead atoms. The number of hydrogen-bond acceptors (Lipinski definition) is 5. The zero-order valence-corrected chi connectivity index (χ0v) is 26.7. The van der Waals surface area contributed by atoms with E-state index >= 15 is 0 Å². The summed E-state index contributed by atoms with van der Waals surface area (Å²) in [6, 6.07) is 51.6. The van der Waals surface area contributed by atoms with Crippen LogP contribution in [0.2, 0.25) is 0 Å². The van der Waals surface area contributed by atoms with E-state index in [1.54, 1.807) is 12.5 Å². The molecule has 5 heteroatoms. The molecule has 48 heavy (non-hydrogen) atoms. The van der Waals surface area contributed by atoms with Gasteiger partial charge in [0.15, 0.2) is 0 Å². The molecule has 7 rings (SSSR count). The molecule has 7 aromatic rings. The van der Waals surface area contributed by atoms with Crippen molar-refractivity contribution in [3.05, 3.63) is 198 Å². The Labute approximate surface area is 280 Å². The third kappa shape index (κ3) is 7.43. The summed E-state index contributed by atoms with van der Waals surface area (Å²) >= 11 is 0. The van der Waals surface area contributed by atoms with E-state index in [4.69, 9.17) is 18.3 Å². The summed E-state index contributed by atoms with van der Waals surface area (Å²) < 4.78 is 22.7. The molecular weight excluding hydrogens is 594 g/mol. The number of hydrogen-bond donors (Lipinski definition) is 0. The maximum Gasteiger partial charge on any atom is 0.146 e. The second-order valence-corrected chi connectivity index (χ2v) is 11.4. The molecule has 0 fully saturated rings. The summed E-state index contributed by atoms with van der Waals surface area (Å²) in [4.78, 5) is 2.28. The highest BCUT2D eigenvalue weighted by Gasteiger charge is 2.13. The van der Waals surface area contributed by atoms with Gasteiger partial charge in [-0.1, -0.05) is 66.7 Å². The second-order valence-electron chi connectivity index (χ2n) is 11.4. The predicted molar refractivity (Wildman–Crippen MR) is 192 cm³/mol. The molecule has 5 nitrogen and oxygen atoms in total. The molecule has 0 aliphatic carbocycles. The molecule has 0 amide bonds. The van der Waals surface area contributed by atoms with Gasteiger partial charge in [-0.3, -0.25) is 0 Å². The molecule has 0 saturated heterocycles. The number of benzene rings is 5. The third-order valence-electron chi connectivity index (χ3n) is 7.99. The quantitative estimate of drug-likeness (QED) is 0.126. The molecule has 2 heterocycles. The summed E-state index contributed by atoms with van der Waals surface area (Å²) in [6.45, 7) is 2.88. The molecule has 0 radical (unpaired) electrons. The molecule has 0 saturated carbocycles. The Morgan fingerprint density at radius 2 is 1.08 bits per heavy atom. The first-order valence-corrected chi connectivity index (χ1v) is 15.9. The monoisotopic (exact) mass is 629 g/mol. The van der Waals surface area contributed by atoms with Crippen LogP contribution in [0, 0.1) is 6.92 Å². The Morgan fingerprint density at radius 3 is 1.60 bits per heavy atom. The van der Waals surface area contributed by atoms with E-state index < -0.39 is 0 Å². The lowest BCUT2D eigenvalue weighted by atomic mass is 9.95. The van der Waals surface area contributed by atoms with E-state index in [0.717, 1.165) is 62.3 Å². The van der Waals surface area contributed by atoms with E-state index in [-0.39, 0.29) is 0 Å². The van der Waals surface area contributed by atoms with Gasteiger partial charge in [0.2, 0.25) is 0 Å². The molecule has 0 unspecified atom stereocenters. The van der Waals surface area contributed by atoms with Gasteiger partial charge in [-0.15, -0.1) is 0 Å². The highest BCUT2D eigenvalue weighted by Crippen LogP contribution is 2.36. The lowest BCUT2D eigenvalue weighted by Gasteiger charge is -2.26. The lowest BCUT2D eigenvalue weighted by Crippen LogP contribution is -2.09. The molecule has 0 aliphatic heterocycles. The van der Waals surface area contributed by atoms with Crippen LogP contribution in [-0.4, -0.2) is 0 Å². The lowest BCUT2D eigenvalue weighted by molar-refractivity contribution is 0.270. The number of anilines is 3. The first-order chi connectivity index (χ1) is 23.7. The number of aryl methyl sites for hydroxylation is 1. The van der Waals surface area contributed by atoms with Crippen LogP contribution in [0.5, 0.6) is 11.5 Å². The van der Waals surface area contributed by atoms with E-state index in [1.165, 1.54) is 5.56 Å². The molecule has 5 aromatic carbocycles. The SMILES string of the molecule is Cc1cccc(N(c2ccccc2)c2ccc(C=C(c3ccc(OCc4ccco4)cc3)c3ccc(OCc4ccco4)cc3)cc2)c1. The molecule has 2 aromatic heterocycles. The number of rotatable bonds is 12. The van der Waals surface area contributed by atoms with Crippen LogP contribution in [0.15, 0.2) is 173 Å². The van der Waals surface area contributed by atoms with Crippen LogP contribution < -0.4 is 14.4 Å². The molecule has 0 N–H and O–H groups in total. The van der Waals surface area contributed by atoms with Crippen molar-refractivity contribution in [2.24, 2.45) is 0 Å². The van der Waals surface area contributed by atoms with Gasteiger partial charge < -0.3 is 23.2 Å². The zero-order valence-electron chi connectivity index (χ0n) is 26.7. The van der Waals surface area contributed by atoms with Gasteiger partial charge in [0, 0.05) is 17.1 Å². The fraction of sp³-hybridized carbons (Fsp3) is 0.0698. The molecule has 0 spiro atoms. The van der Waals surface area contributed by atoms with Gasteiger partial charge in [-0.25, -0.2) is 0 Å². The predicted octanol–water partition coefficient (Wildman–Crippen LogP) is 11.4. The zero-order chi connectivity index (χ0) is 32.5. The molecule has 0 aliphatic rings. The van der Waals surface area contributed by atoms with Gasteiger partial charge in [-0.05, 0) is 126 Å². The maximum atomic E-state index is 5.96. The second kappa shape index (κ2) is 14.5. The van der Waals surface area contributed by atoms with Crippen LogP contribution in [0.25, 0.3) is 11.6 Å². The summed E-state index contributed by atoms with van der Waals surface area (Å²) in [5, 5.41) is 0. The maximum absolute atomic E-state index is 5.96. The van der Waals surface area contributed by atoms with Crippen LogP contribution in [-0.2, 0) is 13.2 Å². The largest absolute Gasteiger partial charge is 0.486 e. The van der Waals surface area contributed by atoms with Crippen molar-refractivity contribution in [2.75, 3.05) is 4.90 Å². The Morgan fingerprint density at radius 1 is 0.542 bits per heavy atom. The van der Waals surface area contributed by atoms with Crippen LogP contribution in [0.3, 0.4) is 0 Å². The first-order valence-electron chi connectivity index (χ1n) is 15.9. The van der Waals surface area contributed by atoms with Crippen LogP contribution in [0.1, 0.15) is 33.8 Å². The summed E-state index contributed by atoms with van der Waals surface area (Å²) in [6.07, 6.45) is 5.53. The highest BCUT2D eigenvalue weighted by atomic mass is 16.5. The summed E-state index contributed by atoms with van der Waals surface area (Å²) in [5.41, 5.74) is 8.83. The minimum Gasteiger partial charge on any atom is -0.486 e. The summed E-state index contributed by atoms with van der Waals surface area (Å²) in [5.74, 6) is 3.12. The van der Waals surface area contributed by atoms with Gasteiger partial charge >= 0.3 is 0 Å². The summed E-state index contributed by atoms with van der Waals surface area (Å²) in [7, 11) is 0. The van der Waals surface area contributed by atoms with Crippen molar-refractivity contribution >= 4 is 28.7 Å². The minimum absolute atomic E-state index is 0.378. The number of nitrogens with zero attached hydrogens (tertiary/aromatic N) is 1. The molecular formula is C43H35NO4. The topological polar surface area (TPSA) is 48.0 Å². The number of ether oxygens (including phenoxy) is 2. The van der Waals surface area contributed by atoms with E-state index in [2.05, 4.69) is 115 Å². The van der Waals surface area contributed by atoms with E-state index in [0.29, 0.717) is 13.2 Å². The Kier molecular flexibility index (Phi) is 9.19. The standard InChI is InChI=1S/C43H35NO4/c1-32-8-5-11-38(28-32)44(36-9-3-2-4-10-36)37-20-14-33(15-21-37)29-43(34-16-22-39(23-17-34)47-30-41-12-6-26-45-41)35-18-24-40(25-19-35)48-31-42-13-7-27-46-42/h2-29H,30-31H2,1H3. The van der Waals surface area contributed by atoms with Gasteiger partial charge in [0.25, 0.3) is 0 Å². The average Bonchev–Trinajstić information content (AvgIpc) is 3.86. The fourth-order valence-corrected chi connectivity index (χ4v) is 5.57. The number of para-hydroxylation sites is 1. The minimum atomic E-state index is 0.378. The number of furan rings is 2. The van der Waals surface area contributed by atoms with Gasteiger partial charge in [0.1, 0.15) is 36.2 Å². The van der Waals surface area contributed by atoms with Crippen LogP contribution >= 0.6 is 0 Å². The van der Waals surface area contributed by atoms with Gasteiger partial charge in [0.05, 0.1) is 12.5 Å². The van der Waals surface area contributed by atoms with Gasteiger partial charge in [-0.2, -0.15) is 0 Å². The van der Waals surface area contributed by atoms with Crippen molar-refractivity contribution in [1.29, 1.82) is 0 Å². The normalized spacial score (nSPS) is 10.8. The van der Waals surface area contributed by atoms with Crippen LogP contribution in [0.4, 0.5) is 17.1 Å². The Balaban J connectivity index is 1.19. The first kappa shape index (κ1) is 30.5. The van der Waals surface area contributed by atoms with Crippen molar-refractivity contribution in [1.82, 2.24) is 0 Å². The highest BCUT2D eigenvalue weighted by molar-refractivity contribution is 5.92. The van der Waals surface area contributed by atoms with Crippen molar-refractivity contribution in [3.8, 4) is 11.5 Å². The average molecular weight is 630 g/mol. The smallest absolute Gasteiger partial charge is 0.146 e. The Hall–Kier alpha value is -6.20. The van der Waals surface area contributed by atoms with E-state index in [9.17, 15) is 0 Å². The van der Waals surface area contributed by atoms with Crippen molar-refractivity contribution < 1.29 is 18.3 Å². The third-order valence-corrected chi connectivity index (χ3v) is 7.99. The molecule has 236 valence electrons. The van der Waals surface area contributed by atoms with Crippen molar-refractivity contribution in [2.45, 2.75) is 20.1 Å². The fourth-order valence-electron chi connectivity index (χ4n) is 5.57. The van der Waals surface area contributed by atoms with Crippen molar-refractivity contribution in [3.63, 3.8) is 0 Å².